The monoisotopic (exact) mass is 295 g/mol. The van der Waals surface area contributed by atoms with Gasteiger partial charge in [-0.3, -0.25) is 4.90 Å². The Morgan fingerprint density at radius 3 is 2.50 bits per heavy atom. The average molecular weight is 296 g/mol. The molecule has 1 saturated heterocycles. The zero-order chi connectivity index (χ0) is 14.5. The predicted molar refractivity (Wildman–Crippen MR) is 87.5 cm³/mol. The minimum Gasteiger partial charge on any atom is -0.369 e. The number of nitrogens with zero attached hydrogens (tertiary/aromatic N) is 2. The fourth-order valence-electron chi connectivity index (χ4n) is 3.00. The van der Waals surface area contributed by atoms with Crippen LogP contribution in [0.4, 0.5) is 5.69 Å². The van der Waals surface area contributed by atoms with Gasteiger partial charge in [-0.25, -0.2) is 0 Å². The van der Waals surface area contributed by atoms with Crippen molar-refractivity contribution in [2.75, 3.05) is 37.6 Å². The number of piperazine rings is 1. The largest absolute Gasteiger partial charge is 0.369 e. The van der Waals surface area contributed by atoms with Gasteiger partial charge in [-0.15, -0.1) is 0 Å². The third kappa shape index (κ3) is 3.66. The van der Waals surface area contributed by atoms with Crippen molar-refractivity contribution in [3.05, 3.63) is 29.3 Å². The van der Waals surface area contributed by atoms with Crippen molar-refractivity contribution in [1.82, 2.24) is 4.90 Å². The highest BCUT2D eigenvalue weighted by atomic mass is 35.5. The van der Waals surface area contributed by atoms with Gasteiger partial charge in [-0.2, -0.15) is 0 Å². The zero-order valence-corrected chi connectivity index (χ0v) is 13.3. The molecule has 0 amide bonds. The van der Waals surface area contributed by atoms with E-state index in [2.05, 4.69) is 29.7 Å². The van der Waals surface area contributed by atoms with Crippen LogP contribution in [0.1, 0.15) is 20.3 Å². The maximum Gasteiger partial charge on any atom is 0.0426 e. The van der Waals surface area contributed by atoms with E-state index in [0.29, 0.717) is 12.0 Å². The molecule has 112 valence electrons. The second-order valence-corrected chi connectivity index (χ2v) is 6.13. The van der Waals surface area contributed by atoms with Gasteiger partial charge in [0.25, 0.3) is 0 Å². The SMILES string of the molecule is CCC(C)C(CN)N1CCN(c2cccc(Cl)c2)CC1. The molecule has 0 spiro atoms. The fourth-order valence-corrected chi connectivity index (χ4v) is 3.18. The standard InChI is InChI=1S/C16H26ClN3/c1-3-13(2)16(12-18)20-9-7-19(8-10-20)15-6-4-5-14(17)11-15/h4-6,11,13,16H,3,7-10,12,18H2,1-2H3. The number of rotatable bonds is 5. The summed E-state index contributed by atoms with van der Waals surface area (Å²) in [6, 6.07) is 8.64. The van der Waals surface area contributed by atoms with Crippen molar-refractivity contribution in [3.8, 4) is 0 Å². The highest BCUT2D eigenvalue weighted by Crippen LogP contribution is 2.22. The van der Waals surface area contributed by atoms with Crippen LogP contribution < -0.4 is 10.6 Å². The number of hydrogen-bond donors (Lipinski definition) is 1. The first-order valence-electron chi connectivity index (χ1n) is 7.60. The van der Waals surface area contributed by atoms with Gasteiger partial charge < -0.3 is 10.6 Å². The van der Waals surface area contributed by atoms with E-state index in [1.165, 1.54) is 12.1 Å². The Morgan fingerprint density at radius 2 is 1.95 bits per heavy atom. The molecule has 20 heavy (non-hydrogen) atoms. The molecule has 4 heteroatoms. The Kier molecular flexibility index (Phi) is 5.70. The molecule has 3 nitrogen and oxygen atoms in total. The fraction of sp³-hybridized carbons (Fsp3) is 0.625. The molecular formula is C16H26ClN3. The first-order chi connectivity index (χ1) is 9.65. The Morgan fingerprint density at radius 1 is 1.25 bits per heavy atom. The van der Waals surface area contributed by atoms with Crippen LogP contribution in [-0.4, -0.2) is 43.7 Å². The first-order valence-corrected chi connectivity index (χ1v) is 7.98. The Bertz CT molecular complexity index is 416. The van der Waals surface area contributed by atoms with Crippen LogP contribution in [0.2, 0.25) is 5.02 Å². The molecule has 1 heterocycles. The van der Waals surface area contributed by atoms with Gasteiger partial charge in [0.05, 0.1) is 0 Å². The molecule has 1 aliphatic rings. The van der Waals surface area contributed by atoms with Crippen LogP contribution in [0.5, 0.6) is 0 Å². The van der Waals surface area contributed by atoms with Crippen LogP contribution in [-0.2, 0) is 0 Å². The lowest BCUT2D eigenvalue weighted by Crippen LogP contribution is -2.54. The van der Waals surface area contributed by atoms with Crippen LogP contribution in [0.3, 0.4) is 0 Å². The van der Waals surface area contributed by atoms with Gasteiger partial charge in [0.1, 0.15) is 0 Å². The van der Waals surface area contributed by atoms with Crippen LogP contribution >= 0.6 is 11.6 Å². The smallest absolute Gasteiger partial charge is 0.0426 e. The maximum atomic E-state index is 6.07. The topological polar surface area (TPSA) is 32.5 Å². The average Bonchev–Trinajstić information content (AvgIpc) is 2.48. The summed E-state index contributed by atoms with van der Waals surface area (Å²) in [6.07, 6.45) is 1.19. The van der Waals surface area contributed by atoms with E-state index in [0.717, 1.165) is 37.7 Å². The molecule has 0 bridgehead atoms. The highest BCUT2D eigenvalue weighted by Gasteiger charge is 2.26. The van der Waals surface area contributed by atoms with Gasteiger partial charge in [0.2, 0.25) is 0 Å². The van der Waals surface area contributed by atoms with Crippen molar-refractivity contribution in [3.63, 3.8) is 0 Å². The third-order valence-corrected chi connectivity index (χ3v) is 4.73. The van der Waals surface area contributed by atoms with E-state index < -0.39 is 0 Å². The minimum absolute atomic E-state index is 0.515. The molecule has 1 aromatic rings. The summed E-state index contributed by atoms with van der Waals surface area (Å²) in [6.45, 7) is 9.57. The summed E-state index contributed by atoms with van der Waals surface area (Å²) in [5.74, 6) is 0.665. The van der Waals surface area contributed by atoms with Crippen LogP contribution in [0.15, 0.2) is 24.3 Å². The summed E-state index contributed by atoms with van der Waals surface area (Å²) < 4.78 is 0. The number of nitrogens with two attached hydrogens (primary N) is 1. The Hall–Kier alpha value is -0.770. The van der Waals surface area contributed by atoms with E-state index in [-0.39, 0.29) is 0 Å². The highest BCUT2D eigenvalue weighted by molar-refractivity contribution is 6.30. The molecular weight excluding hydrogens is 270 g/mol. The molecule has 2 unspecified atom stereocenters. The summed E-state index contributed by atoms with van der Waals surface area (Å²) in [4.78, 5) is 4.96. The van der Waals surface area contributed by atoms with Crippen molar-refractivity contribution in [2.45, 2.75) is 26.3 Å². The Balaban J connectivity index is 1.95. The van der Waals surface area contributed by atoms with E-state index >= 15 is 0 Å². The summed E-state index contributed by atoms with van der Waals surface area (Å²) >= 11 is 6.07. The van der Waals surface area contributed by atoms with Crippen molar-refractivity contribution < 1.29 is 0 Å². The van der Waals surface area contributed by atoms with Crippen molar-refractivity contribution in [2.24, 2.45) is 11.7 Å². The lowest BCUT2D eigenvalue weighted by Gasteiger charge is -2.42. The molecule has 2 N–H and O–H groups in total. The van der Waals surface area contributed by atoms with Gasteiger partial charge in [-0.05, 0) is 24.1 Å². The van der Waals surface area contributed by atoms with E-state index in [1.807, 2.05) is 18.2 Å². The van der Waals surface area contributed by atoms with E-state index in [4.69, 9.17) is 17.3 Å². The summed E-state index contributed by atoms with van der Waals surface area (Å²) in [7, 11) is 0. The number of halogens is 1. The molecule has 0 saturated carbocycles. The zero-order valence-electron chi connectivity index (χ0n) is 12.6. The van der Waals surface area contributed by atoms with Gasteiger partial charge in [-0.1, -0.05) is 37.9 Å². The molecule has 0 radical (unpaired) electrons. The number of anilines is 1. The number of benzene rings is 1. The van der Waals surface area contributed by atoms with Crippen molar-refractivity contribution >= 4 is 17.3 Å². The molecule has 0 aliphatic carbocycles. The van der Waals surface area contributed by atoms with Gasteiger partial charge >= 0.3 is 0 Å². The molecule has 1 aromatic carbocycles. The normalized spacial score (nSPS) is 19.9. The molecule has 2 atom stereocenters. The van der Waals surface area contributed by atoms with Crippen molar-refractivity contribution in [1.29, 1.82) is 0 Å². The molecule has 1 aliphatic heterocycles. The molecule has 1 fully saturated rings. The lowest BCUT2D eigenvalue weighted by molar-refractivity contribution is 0.142. The minimum atomic E-state index is 0.515. The van der Waals surface area contributed by atoms with Gasteiger partial charge in [0.15, 0.2) is 0 Å². The van der Waals surface area contributed by atoms with E-state index in [9.17, 15) is 0 Å². The molecule has 0 aromatic heterocycles. The molecule has 2 rings (SSSR count). The summed E-state index contributed by atoms with van der Waals surface area (Å²) in [5.41, 5.74) is 7.20. The second-order valence-electron chi connectivity index (χ2n) is 5.69. The van der Waals surface area contributed by atoms with E-state index in [1.54, 1.807) is 0 Å². The van der Waals surface area contributed by atoms with Crippen LogP contribution in [0.25, 0.3) is 0 Å². The van der Waals surface area contributed by atoms with Crippen LogP contribution in [0, 0.1) is 5.92 Å². The number of hydrogen-bond acceptors (Lipinski definition) is 3. The maximum absolute atomic E-state index is 6.07. The second kappa shape index (κ2) is 7.30. The Labute approximate surface area is 127 Å². The summed E-state index contributed by atoms with van der Waals surface area (Å²) in [5, 5.41) is 0.810. The van der Waals surface area contributed by atoms with Gasteiger partial charge in [0, 0.05) is 49.5 Å². The first kappa shape index (κ1) is 15.6. The quantitative estimate of drug-likeness (QED) is 0.907. The predicted octanol–water partition coefficient (Wildman–Crippen LogP) is 2.84. The lowest BCUT2D eigenvalue weighted by atomic mass is 9.97. The third-order valence-electron chi connectivity index (χ3n) is 4.50.